The van der Waals surface area contributed by atoms with Crippen LogP contribution < -0.4 is 37.6 Å². The third-order valence-electron chi connectivity index (χ3n) is 20.9. The number of nitrogens with two attached hydrogens (primary N) is 1. The number of hydrogen-bond acceptors (Lipinski definition) is 34. The molecule has 13 N–H and O–H groups in total. The van der Waals surface area contributed by atoms with Crippen LogP contribution in [0.2, 0.25) is 21.1 Å². The summed E-state index contributed by atoms with van der Waals surface area (Å²) >= 11 is 22.9. The summed E-state index contributed by atoms with van der Waals surface area (Å²) in [5.41, 5.74) is 20.3. The Balaban J connectivity index is 0.000000242. The van der Waals surface area contributed by atoms with Gasteiger partial charge in [-0.05, 0) is 256 Å². The maximum absolute atomic E-state index is 11.8. The molecule has 0 saturated heterocycles. The number of nitrogen functional groups attached to an aromatic ring is 1. The van der Waals surface area contributed by atoms with Gasteiger partial charge in [0.25, 0.3) is 0 Å². The van der Waals surface area contributed by atoms with E-state index in [1.807, 2.05) is 156 Å². The van der Waals surface area contributed by atoms with Gasteiger partial charge in [0.1, 0.15) is 95.3 Å². The summed E-state index contributed by atoms with van der Waals surface area (Å²) in [6.45, 7) is 10.7. The molecular formula is C91H86Cl4N34O5. The van der Waals surface area contributed by atoms with Crippen molar-refractivity contribution in [3.63, 3.8) is 0 Å². The number of phenolic OH excluding ortho intramolecular Hbond substituents is 5. The second-order valence-electron chi connectivity index (χ2n) is 31.4. The smallest absolute Gasteiger partial charge is 0.233 e. The zero-order chi connectivity index (χ0) is 93.0. The third kappa shape index (κ3) is 21.8. The number of rotatable bonds is 31. The van der Waals surface area contributed by atoms with Crippen molar-refractivity contribution >= 4 is 166 Å². The number of nitrogens with zero attached hydrogens (tertiary/aromatic N) is 27. The molecule has 0 radical (unpaired) electrons. The molecule has 0 bridgehead atoms. The predicted molar refractivity (Wildman–Crippen MR) is 514 cm³/mol. The first kappa shape index (κ1) is 90.0. The molecule has 0 spiro atoms. The molecule has 0 amide bonds. The number of unbranched alkanes of at least 4 members (excludes halogenated alkanes) is 8. The highest BCUT2D eigenvalue weighted by Gasteiger charge is 2.24. The van der Waals surface area contributed by atoms with Crippen molar-refractivity contribution in [1.82, 2.24) is 135 Å². The lowest BCUT2D eigenvalue weighted by Crippen LogP contribution is -2.11. The predicted octanol–water partition coefficient (Wildman–Crippen LogP) is 17.9. The monoisotopic (exact) mass is 1870 g/mol. The molecule has 9 heterocycles. The summed E-state index contributed by atoms with van der Waals surface area (Å²) in [4.78, 5) is 59.0. The lowest BCUT2D eigenvalue weighted by atomic mass is 10.1. The van der Waals surface area contributed by atoms with Gasteiger partial charge in [0.2, 0.25) is 56.8 Å². The molecule has 10 aromatic carbocycles. The first-order valence-corrected chi connectivity index (χ1v) is 44.2. The van der Waals surface area contributed by atoms with Gasteiger partial charge >= 0.3 is 0 Å². The van der Waals surface area contributed by atoms with Crippen LogP contribution in [0.15, 0.2) is 182 Å². The molecular weight excluding hydrogens is 1790 g/mol. The number of fused-ring (bicyclic) bond motifs is 5. The van der Waals surface area contributed by atoms with Crippen molar-refractivity contribution in [3.05, 3.63) is 243 Å². The molecule has 9 aromatic heterocycles. The molecule has 0 saturated carbocycles. The van der Waals surface area contributed by atoms with E-state index in [4.69, 9.17) is 82.0 Å². The summed E-state index contributed by atoms with van der Waals surface area (Å²) in [6, 6.07) is 55.1. The molecule has 0 fully saturated rings. The number of aromatic nitrogens is 27. The largest absolute Gasteiger partial charge is 0.504 e. The van der Waals surface area contributed by atoms with Gasteiger partial charge in [0, 0.05) is 25.9 Å². The van der Waals surface area contributed by atoms with Gasteiger partial charge in [0.15, 0.2) is 28.7 Å². The molecule has 19 rings (SSSR count). The van der Waals surface area contributed by atoms with Gasteiger partial charge in [-0.2, -0.15) is 49.8 Å². The van der Waals surface area contributed by atoms with Gasteiger partial charge < -0.3 is 63.2 Å². The van der Waals surface area contributed by atoms with Crippen LogP contribution in [0.25, 0.3) is 83.6 Å². The molecule has 39 nitrogen and oxygen atoms in total. The lowest BCUT2D eigenvalue weighted by Gasteiger charge is -2.15. The second kappa shape index (κ2) is 40.6. The van der Waals surface area contributed by atoms with E-state index in [1.54, 1.807) is 60.7 Å². The Kier molecular flexibility index (Phi) is 27.2. The van der Waals surface area contributed by atoms with Crippen LogP contribution in [0.4, 0.5) is 64.1 Å². The first-order chi connectivity index (χ1) is 64.9. The number of halogens is 4. The Hall–Kier alpha value is -16.0. The SMILES string of the molecule is Cc1cc(N)c(O)c(-n2nc3ccccc3n2)c1.Cc1cc(Nc2nc(CCCCCCCNc3nc(Nc4cc(C)cc(-n5nc6ccccc6n5)c4O)nc(Nc4cc(C)cc(-n5nc6ccccc6n5)c4O)n3)nc(Nc3cc(C)cc(-n4nc5ccccc5n4)c3O)n2)c(O)c(-n2nc3ccccc3n2)c1.Clc1nc(Cl)nc(CCCCCCCNc2nc(Cl)nc(Cl)n2)n1. The summed E-state index contributed by atoms with van der Waals surface area (Å²) in [5.74, 6) is 1.73. The molecule has 0 aliphatic heterocycles. The number of benzene rings is 10. The maximum Gasteiger partial charge on any atom is 0.233 e. The molecule has 134 heavy (non-hydrogen) atoms. The van der Waals surface area contributed by atoms with Gasteiger partial charge in [-0.15, -0.1) is 75.0 Å². The number of aromatic hydroxyl groups is 5. The topological polar surface area (TPSA) is 508 Å². The zero-order valence-electron chi connectivity index (χ0n) is 72.6. The Morgan fingerprint density at radius 1 is 0.254 bits per heavy atom. The molecule has 0 atom stereocenters. The van der Waals surface area contributed by atoms with Crippen molar-refractivity contribution in [2.45, 2.75) is 112 Å². The van der Waals surface area contributed by atoms with Crippen molar-refractivity contribution in [2.75, 3.05) is 50.7 Å². The van der Waals surface area contributed by atoms with Crippen LogP contribution in [0.3, 0.4) is 0 Å². The first-order valence-electron chi connectivity index (χ1n) is 42.7. The Labute approximate surface area is 783 Å². The fraction of sp³-hybridized carbons (Fsp3) is 0.209. The summed E-state index contributed by atoms with van der Waals surface area (Å²) in [7, 11) is 0. The molecule has 0 unspecified atom stereocenters. The van der Waals surface area contributed by atoms with Crippen molar-refractivity contribution in [1.29, 1.82) is 0 Å². The minimum atomic E-state index is -0.130. The molecule has 678 valence electrons. The van der Waals surface area contributed by atoms with E-state index in [0.29, 0.717) is 132 Å². The van der Waals surface area contributed by atoms with E-state index in [0.717, 1.165) is 116 Å². The molecule has 0 aliphatic carbocycles. The van der Waals surface area contributed by atoms with Crippen molar-refractivity contribution in [3.8, 4) is 57.2 Å². The van der Waals surface area contributed by atoms with Crippen molar-refractivity contribution < 1.29 is 25.5 Å². The average molecular weight is 1880 g/mol. The summed E-state index contributed by atoms with van der Waals surface area (Å²) in [6.07, 6.45) is 10.5. The normalized spacial score (nSPS) is 11.3. The number of nitrogens with one attached hydrogen (secondary N) is 6. The van der Waals surface area contributed by atoms with E-state index >= 15 is 0 Å². The van der Waals surface area contributed by atoms with E-state index in [2.05, 4.69) is 113 Å². The van der Waals surface area contributed by atoms with Gasteiger partial charge in [-0.3, -0.25) is 0 Å². The van der Waals surface area contributed by atoms with E-state index < -0.39 is 0 Å². The van der Waals surface area contributed by atoms with Crippen LogP contribution >= 0.6 is 46.4 Å². The highest BCUT2D eigenvalue weighted by molar-refractivity contribution is 6.31. The molecule has 0 aliphatic rings. The second-order valence-corrected chi connectivity index (χ2v) is 32.8. The summed E-state index contributed by atoms with van der Waals surface area (Å²) in [5, 5.41) is 122. The zero-order valence-corrected chi connectivity index (χ0v) is 75.6. The number of anilines is 11. The molecule has 19 aromatic rings. The fourth-order valence-electron chi connectivity index (χ4n) is 14.7. The van der Waals surface area contributed by atoms with E-state index in [1.165, 1.54) is 24.0 Å². The van der Waals surface area contributed by atoms with Crippen LogP contribution in [0, 0.1) is 34.6 Å². The highest BCUT2D eigenvalue weighted by atomic mass is 35.5. The maximum atomic E-state index is 11.8. The van der Waals surface area contributed by atoms with Gasteiger partial charge in [0.05, 0.1) is 28.4 Å². The Morgan fingerprint density at radius 3 is 0.769 bits per heavy atom. The minimum absolute atomic E-state index is 0.000839. The number of hydrogen-bond donors (Lipinski definition) is 12. The van der Waals surface area contributed by atoms with Crippen LogP contribution in [-0.2, 0) is 12.8 Å². The van der Waals surface area contributed by atoms with E-state index in [-0.39, 0.29) is 79.6 Å². The van der Waals surface area contributed by atoms with Crippen LogP contribution in [0.1, 0.15) is 104 Å². The highest BCUT2D eigenvalue weighted by Crippen LogP contribution is 2.40. The third-order valence-corrected chi connectivity index (χ3v) is 21.6. The van der Waals surface area contributed by atoms with Crippen LogP contribution in [0.5, 0.6) is 28.7 Å². The minimum Gasteiger partial charge on any atom is -0.504 e. The lowest BCUT2D eigenvalue weighted by molar-refractivity contribution is 0.469. The standard InChI is InChI=1S/C65H59N23O4.C13H15Cl4N7.C13H12N4O/c1-36-28-48(57(89)52(32-36)85-77-40-18-9-10-19-41(40)78-85)67-62-71-56(72-63(75-62)68-49-29-37(2)33-53(58(49)90)86-79-42-20-11-12-21-43(42)80-86)26-8-6-5-7-17-27-66-61-73-64(69-50-30-38(3)34-54(59(50)91)87-81-44-22-13-14-23-45(44)82-87)76-65(74-61)70-51-31-39(4)35-55(60(51)92)88-83-46-24-15-16-25-47(46)84-88;14-9-19-8(20-10(15)21-9)6-4-2-1-3-5-7-18-13-23-11(16)22-12(17)24-13;1-8-6-9(14)13(18)12(7-8)17-15-10-4-2-3-5-11(10)16-17/h9-16,18-25,28-35,89-92H,5-8,17,26-27H2,1-4H3,(H2,67,68,71,72,75)(H3,66,69,70,73,74,76);1-7H2,(H,18,22,23,24);2-7,18H,14H2,1H3. The van der Waals surface area contributed by atoms with Gasteiger partial charge in [-0.25, -0.2) is 9.97 Å². The van der Waals surface area contributed by atoms with E-state index in [9.17, 15) is 25.5 Å². The molecule has 43 heteroatoms. The fourth-order valence-corrected chi connectivity index (χ4v) is 15.4. The quantitative estimate of drug-likeness (QED) is 0.0109. The Bertz CT molecular complexity index is 6640. The van der Waals surface area contributed by atoms with Crippen LogP contribution in [-0.4, -0.2) is 173 Å². The Morgan fingerprint density at radius 2 is 0.478 bits per heavy atom. The van der Waals surface area contributed by atoms with Gasteiger partial charge in [-0.1, -0.05) is 99.2 Å². The summed E-state index contributed by atoms with van der Waals surface area (Å²) < 4.78 is 0. The number of phenols is 5. The number of aryl methyl sites for hydroxylation is 7. The average Bonchev–Trinajstić information content (AvgIpc) is 1.52. The van der Waals surface area contributed by atoms with Crippen molar-refractivity contribution in [2.24, 2.45) is 0 Å².